The summed E-state index contributed by atoms with van der Waals surface area (Å²) in [6.45, 7) is 5.11. The molecule has 0 aliphatic carbocycles. The van der Waals surface area contributed by atoms with Gasteiger partial charge in [0.15, 0.2) is 0 Å². The number of ether oxygens (including phenoxy) is 1. The third-order valence-electron chi connectivity index (χ3n) is 1.66. The number of nitroso groups, excluding NO2 is 1. The minimum Gasteiger partial charge on any atom is -0.469 e. The summed E-state index contributed by atoms with van der Waals surface area (Å²) >= 11 is 0. The molecule has 0 aliphatic rings. The third-order valence-corrected chi connectivity index (χ3v) is 1.66. The van der Waals surface area contributed by atoms with Gasteiger partial charge in [-0.05, 0) is 20.3 Å². The highest BCUT2D eigenvalue weighted by Gasteiger charge is 2.25. The molecule has 0 N–H and O–H groups in total. The highest BCUT2D eigenvalue weighted by Crippen LogP contribution is 2.20. The summed E-state index contributed by atoms with van der Waals surface area (Å²) in [5.41, 5.74) is -0.687. The number of carbonyl (C=O) groups excluding carboxylic acids is 1. The molecule has 0 aromatic heterocycles. The molecule has 12 heavy (non-hydrogen) atoms. The van der Waals surface area contributed by atoms with Gasteiger partial charge in [0.1, 0.15) is 0 Å². The lowest BCUT2D eigenvalue weighted by Crippen LogP contribution is -2.24. The largest absolute Gasteiger partial charge is 0.469 e. The predicted octanol–water partition coefficient (Wildman–Crippen LogP) is 1.73. The molecule has 0 aromatic rings. The molecule has 0 rings (SSSR count). The molecule has 0 aliphatic heterocycles. The Bertz CT molecular complexity index is 177. The zero-order valence-electron chi connectivity index (χ0n) is 7.96. The van der Waals surface area contributed by atoms with E-state index in [4.69, 9.17) is 0 Å². The Morgan fingerprint density at radius 1 is 1.58 bits per heavy atom. The molecule has 0 unspecified atom stereocenters. The number of hydrogen-bond acceptors (Lipinski definition) is 4. The van der Waals surface area contributed by atoms with Crippen LogP contribution >= 0.6 is 0 Å². The summed E-state index contributed by atoms with van der Waals surface area (Å²) in [7, 11) is 1.33. The summed E-state index contributed by atoms with van der Waals surface area (Å²) in [6.07, 6.45) is 0.420. The van der Waals surface area contributed by atoms with Crippen molar-refractivity contribution >= 4 is 5.97 Å². The van der Waals surface area contributed by atoms with Crippen molar-refractivity contribution < 1.29 is 9.53 Å². The van der Waals surface area contributed by atoms with Gasteiger partial charge in [-0.15, -0.1) is 0 Å². The predicted molar refractivity (Wildman–Crippen MR) is 45.7 cm³/mol. The Balaban J connectivity index is 4.08. The minimum atomic E-state index is -0.687. The normalized spacial score (nSPS) is 13.7. The quantitative estimate of drug-likeness (QED) is 0.480. The average Bonchev–Trinajstić information content (AvgIpc) is 2.02. The lowest BCUT2D eigenvalue weighted by molar-refractivity contribution is -0.145. The van der Waals surface area contributed by atoms with Gasteiger partial charge < -0.3 is 4.74 Å². The van der Waals surface area contributed by atoms with E-state index in [0.29, 0.717) is 6.42 Å². The lowest BCUT2D eigenvalue weighted by Gasteiger charge is -2.18. The Kier molecular flexibility index (Phi) is 3.86. The van der Waals surface area contributed by atoms with Gasteiger partial charge >= 0.3 is 5.97 Å². The Morgan fingerprint density at radius 3 is 2.42 bits per heavy atom. The van der Waals surface area contributed by atoms with E-state index >= 15 is 0 Å². The van der Waals surface area contributed by atoms with Crippen LogP contribution in [0.1, 0.15) is 27.2 Å². The zero-order valence-corrected chi connectivity index (χ0v) is 7.96. The van der Waals surface area contributed by atoms with Crippen LogP contribution < -0.4 is 0 Å². The first-order valence-electron chi connectivity index (χ1n) is 3.85. The minimum absolute atomic E-state index is 0.275. The van der Waals surface area contributed by atoms with Crippen LogP contribution in [0.2, 0.25) is 0 Å². The van der Waals surface area contributed by atoms with Crippen molar-refractivity contribution in [1.29, 1.82) is 0 Å². The van der Waals surface area contributed by atoms with Crippen molar-refractivity contribution in [3.05, 3.63) is 4.91 Å². The molecule has 0 bridgehead atoms. The summed E-state index contributed by atoms with van der Waals surface area (Å²) in [4.78, 5) is 21.2. The van der Waals surface area contributed by atoms with Crippen LogP contribution in [0.25, 0.3) is 0 Å². The van der Waals surface area contributed by atoms with E-state index < -0.39 is 5.54 Å². The van der Waals surface area contributed by atoms with Gasteiger partial charge in [0.05, 0.1) is 18.6 Å². The van der Waals surface area contributed by atoms with E-state index in [2.05, 4.69) is 9.91 Å². The molecular formula is C8H15NO3. The first kappa shape index (κ1) is 11.1. The van der Waals surface area contributed by atoms with Crippen LogP contribution in [0.5, 0.6) is 0 Å². The van der Waals surface area contributed by atoms with E-state index in [-0.39, 0.29) is 11.9 Å². The van der Waals surface area contributed by atoms with Gasteiger partial charge in [0.25, 0.3) is 0 Å². The average molecular weight is 173 g/mol. The highest BCUT2D eigenvalue weighted by atomic mass is 16.5. The van der Waals surface area contributed by atoms with Crippen molar-refractivity contribution in [2.24, 2.45) is 11.1 Å². The van der Waals surface area contributed by atoms with Crippen LogP contribution in [-0.2, 0) is 9.53 Å². The standard InChI is InChI=1S/C8H15NO3/c1-6(7(10)12-4)5-8(2,3)9-11/h6H,5H2,1-4H3/t6-/m0/s1. The number of carbonyl (C=O) groups is 1. The molecular weight excluding hydrogens is 158 g/mol. The van der Waals surface area contributed by atoms with Crippen molar-refractivity contribution in [2.75, 3.05) is 7.11 Å². The van der Waals surface area contributed by atoms with Crippen LogP contribution in [-0.4, -0.2) is 18.6 Å². The summed E-state index contributed by atoms with van der Waals surface area (Å²) in [5.74, 6) is -0.575. The molecule has 0 spiro atoms. The van der Waals surface area contributed by atoms with Gasteiger partial charge in [-0.1, -0.05) is 12.1 Å². The second kappa shape index (κ2) is 4.18. The van der Waals surface area contributed by atoms with E-state index in [9.17, 15) is 9.70 Å². The number of rotatable bonds is 4. The molecule has 0 radical (unpaired) electrons. The number of methoxy groups -OCH3 is 1. The maximum Gasteiger partial charge on any atom is 0.308 e. The van der Waals surface area contributed by atoms with Gasteiger partial charge in [-0.3, -0.25) is 4.79 Å². The van der Waals surface area contributed by atoms with Crippen molar-refractivity contribution in [1.82, 2.24) is 0 Å². The Labute approximate surface area is 72.3 Å². The van der Waals surface area contributed by atoms with E-state index in [0.717, 1.165) is 0 Å². The molecule has 4 heteroatoms. The van der Waals surface area contributed by atoms with Crippen molar-refractivity contribution in [3.63, 3.8) is 0 Å². The zero-order chi connectivity index (χ0) is 9.78. The molecule has 0 fully saturated rings. The summed E-state index contributed by atoms with van der Waals surface area (Å²) in [5, 5.41) is 2.92. The molecule has 0 amide bonds. The topological polar surface area (TPSA) is 55.7 Å². The van der Waals surface area contributed by atoms with Crippen molar-refractivity contribution in [2.45, 2.75) is 32.7 Å². The molecule has 0 saturated heterocycles. The molecule has 0 heterocycles. The molecule has 4 nitrogen and oxygen atoms in total. The second-order valence-corrected chi connectivity index (χ2v) is 3.53. The summed E-state index contributed by atoms with van der Waals surface area (Å²) in [6, 6.07) is 0. The fraction of sp³-hybridized carbons (Fsp3) is 0.875. The fourth-order valence-electron chi connectivity index (χ4n) is 1.07. The van der Waals surface area contributed by atoms with E-state index in [1.807, 2.05) is 0 Å². The number of nitrogens with zero attached hydrogens (tertiary/aromatic N) is 1. The Hall–Kier alpha value is -0.930. The van der Waals surface area contributed by atoms with Crippen LogP contribution in [0, 0.1) is 10.8 Å². The van der Waals surface area contributed by atoms with Crippen LogP contribution in [0.3, 0.4) is 0 Å². The fourth-order valence-corrected chi connectivity index (χ4v) is 1.07. The Morgan fingerprint density at radius 2 is 2.08 bits per heavy atom. The summed E-state index contributed by atoms with van der Waals surface area (Å²) < 4.78 is 4.52. The van der Waals surface area contributed by atoms with Gasteiger partial charge in [-0.25, -0.2) is 0 Å². The smallest absolute Gasteiger partial charge is 0.308 e. The second-order valence-electron chi connectivity index (χ2n) is 3.53. The van der Waals surface area contributed by atoms with Gasteiger partial charge in [0.2, 0.25) is 0 Å². The van der Waals surface area contributed by atoms with Crippen LogP contribution in [0.15, 0.2) is 5.18 Å². The SMILES string of the molecule is COC(=O)[C@@H](C)CC(C)(C)N=O. The maximum atomic E-state index is 10.9. The third kappa shape index (κ3) is 3.46. The molecule has 0 saturated carbocycles. The van der Waals surface area contributed by atoms with Crippen molar-refractivity contribution in [3.8, 4) is 0 Å². The molecule has 70 valence electrons. The molecule has 0 aromatic carbocycles. The monoisotopic (exact) mass is 173 g/mol. The van der Waals surface area contributed by atoms with E-state index in [1.54, 1.807) is 20.8 Å². The van der Waals surface area contributed by atoms with Gasteiger partial charge in [-0.2, -0.15) is 4.91 Å². The van der Waals surface area contributed by atoms with E-state index in [1.165, 1.54) is 7.11 Å². The lowest BCUT2D eigenvalue weighted by atomic mass is 9.93. The highest BCUT2D eigenvalue weighted by molar-refractivity contribution is 5.71. The first-order valence-corrected chi connectivity index (χ1v) is 3.85. The first-order chi connectivity index (χ1) is 5.43. The van der Waals surface area contributed by atoms with Crippen LogP contribution in [0.4, 0.5) is 0 Å². The number of esters is 1. The van der Waals surface area contributed by atoms with Gasteiger partial charge in [0, 0.05) is 0 Å². The number of hydrogen-bond donors (Lipinski definition) is 0. The molecule has 1 atom stereocenters. The maximum absolute atomic E-state index is 10.9.